The number of carbonyl (C=O) groups is 2. The summed E-state index contributed by atoms with van der Waals surface area (Å²) >= 11 is 0. The number of nitrogens with one attached hydrogen (secondary N) is 2. The predicted octanol–water partition coefficient (Wildman–Crippen LogP) is 3.32. The molecule has 2 aromatic carbocycles. The van der Waals surface area contributed by atoms with Crippen LogP contribution in [0.15, 0.2) is 47.4 Å². The van der Waals surface area contributed by atoms with Crippen molar-refractivity contribution in [1.29, 1.82) is 0 Å². The lowest BCUT2D eigenvalue weighted by atomic mass is 10.1. The Balaban J connectivity index is 1.57. The van der Waals surface area contributed by atoms with E-state index in [0.717, 1.165) is 42.5 Å². The van der Waals surface area contributed by atoms with Crippen molar-refractivity contribution in [3.05, 3.63) is 69.6 Å². The van der Waals surface area contributed by atoms with Gasteiger partial charge in [0.2, 0.25) is 5.91 Å². The lowest BCUT2D eigenvalue weighted by Gasteiger charge is -2.14. The Kier molecular flexibility index (Phi) is 5.84. The Morgan fingerprint density at radius 1 is 1.10 bits per heavy atom. The standard InChI is InChI=1S/C24H26N4O3/c1-15-6-5-7-16(2)23(15)27-21(29)14-28-20-11-10-17(12-19(20)25-13-22(28)30)24(31)26-18-8-3-4-9-18/h5-7,10-13,18H,3-4,8-9,14H2,1-2H3,(H,26,31)(H,27,29). The molecule has 1 aromatic heterocycles. The molecule has 3 aromatic rings. The molecule has 1 saturated carbocycles. The van der Waals surface area contributed by atoms with Gasteiger partial charge in [-0.25, -0.2) is 4.98 Å². The summed E-state index contributed by atoms with van der Waals surface area (Å²) < 4.78 is 1.38. The van der Waals surface area contributed by atoms with Crippen LogP contribution in [0.2, 0.25) is 0 Å². The lowest BCUT2D eigenvalue weighted by Crippen LogP contribution is -2.32. The maximum Gasteiger partial charge on any atom is 0.269 e. The summed E-state index contributed by atoms with van der Waals surface area (Å²) in [6.45, 7) is 3.71. The number of hydrogen-bond donors (Lipinski definition) is 2. The first-order chi connectivity index (χ1) is 14.9. The Hall–Kier alpha value is -3.48. The lowest BCUT2D eigenvalue weighted by molar-refractivity contribution is -0.116. The van der Waals surface area contributed by atoms with Crippen LogP contribution in [0.1, 0.15) is 47.2 Å². The van der Waals surface area contributed by atoms with Crippen LogP contribution in [0.3, 0.4) is 0 Å². The number of rotatable bonds is 5. The maximum absolute atomic E-state index is 12.7. The fourth-order valence-electron chi connectivity index (χ4n) is 4.15. The highest BCUT2D eigenvalue weighted by molar-refractivity contribution is 5.98. The Bertz CT molecular complexity index is 1190. The van der Waals surface area contributed by atoms with Gasteiger partial charge in [-0.15, -0.1) is 0 Å². The minimum atomic E-state index is -0.368. The molecule has 4 rings (SSSR count). The van der Waals surface area contributed by atoms with Crippen LogP contribution in [0.25, 0.3) is 11.0 Å². The highest BCUT2D eigenvalue weighted by atomic mass is 16.2. The number of nitrogens with zero attached hydrogens (tertiary/aromatic N) is 2. The summed E-state index contributed by atoms with van der Waals surface area (Å²) in [6, 6.07) is 11.0. The normalized spacial score (nSPS) is 14.0. The Morgan fingerprint density at radius 3 is 2.52 bits per heavy atom. The van der Waals surface area contributed by atoms with Gasteiger partial charge in [-0.2, -0.15) is 0 Å². The van der Waals surface area contributed by atoms with Gasteiger partial charge in [-0.1, -0.05) is 31.0 Å². The third kappa shape index (κ3) is 4.50. The third-order valence-electron chi connectivity index (χ3n) is 5.85. The molecular weight excluding hydrogens is 392 g/mol. The molecule has 0 saturated heterocycles. The maximum atomic E-state index is 12.7. The smallest absolute Gasteiger partial charge is 0.269 e. The monoisotopic (exact) mass is 418 g/mol. The fraction of sp³-hybridized carbons (Fsp3) is 0.333. The van der Waals surface area contributed by atoms with E-state index in [-0.39, 0.29) is 30.0 Å². The molecule has 0 spiro atoms. The number of anilines is 1. The zero-order valence-corrected chi connectivity index (χ0v) is 17.8. The highest BCUT2D eigenvalue weighted by Gasteiger charge is 2.19. The van der Waals surface area contributed by atoms with Crippen molar-refractivity contribution >= 4 is 28.5 Å². The molecule has 0 atom stereocenters. The molecule has 2 amide bonds. The Morgan fingerprint density at radius 2 is 1.81 bits per heavy atom. The van der Waals surface area contributed by atoms with Gasteiger partial charge in [0.05, 0.1) is 17.2 Å². The van der Waals surface area contributed by atoms with Gasteiger partial charge in [0.15, 0.2) is 0 Å². The molecular formula is C24H26N4O3. The topological polar surface area (TPSA) is 93.1 Å². The molecule has 1 heterocycles. The molecule has 0 radical (unpaired) electrons. The van der Waals surface area contributed by atoms with Crippen LogP contribution in [0.5, 0.6) is 0 Å². The fourth-order valence-corrected chi connectivity index (χ4v) is 4.15. The zero-order valence-electron chi connectivity index (χ0n) is 17.8. The molecule has 7 heteroatoms. The largest absolute Gasteiger partial charge is 0.349 e. The van der Waals surface area contributed by atoms with E-state index in [4.69, 9.17) is 0 Å². The summed E-state index contributed by atoms with van der Waals surface area (Å²) in [5.74, 6) is -0.434. The SMILES string of the molecule is Cc1cccc(C)c1NC(=O)Cn1c(=O)cnc2cc(C(=O)NC3CCCC3)ccc21. The van der Waals surface area contributed by atoms with Gasteiger partial charge in [0, 0.05) is 17.3 Å². The zero-order chi connectivity index (χ0) is 22.0. The van der Waals surface area contributed by atoms with E-state index in [9.17, 15) is 14.4 Å². The molecule has 0 unspecified atom stereocenters. The number of amides is 2. The first-order valence-corrected chi connectivity index (χ1v) is 10.6. The van der Waals surface area contributed by atoms with Crippen LogP contribution in [-0.2, 0) is 11.3 Å². The molecule has 7 nitrogen and oxygen atoms in total. The number of aryl methyl sites for hydroxylation is 2. The predicted molar refractivity (Wildman–Crippen MR) is 120 cm³/mol. The van der Waals surface area contributed by atoms with Crippen molar-refractivity contribution < 1.29 is 9.59 Å². The second kappa shape index (κ2) is 8.71. The molecule has 31 heavy (non-hydrogen) atoms. The molecule has 160 valence electrons. The Labute approximate surface area is 180 Å². The van der Waals surface area contributed by atoms with Crippen molar-refractivity contribution in [2.24, 2.45) is 0 Å². The summed E-state index contributed by atoms with van der Waals surface area (Å²) in [6.07, 6.45) is 5.48. The van der Waals surface area contributed by atoms with Gasteiger partial charge in [0.1, 0.15) is 6.54 Å². The molecule has 2 N–H and O–H groups in total. The average molecular weight is 418 g/mol. The van der Waals surface area contributed by atoms with Gasteiger partial charge in [-0.3, -0.25) is 19.0 Å². The van der Waals surface area contributed by atoms with E-state index in [1.165, 1.54) is 10.8 Å². The molecule has 1 aliphatic carbocycles. The van der Waals surface area contributed by atoms with E-state index in [1.54, 1.807) is 18.2 Å². The van der Waals surface area contributed by atoms with E-state index in [2.05, 4.69) is 15.6 Å². The highest BCUT2D eigenvalue weighted by Crippen LogP contribution is 2.20. The summed E-state index contributed by atoms with van der Waals surface area (Å²) in [5.41, 5.74) is 3.81. The number of benzene rings is 2. The van der Waals surface area contributed by atoms with Crippen molar-refractivity contribution in [2.75, 3.05) is 5.32 Å². The van der Waals surface area contributed by atoms with Crippen LogP contribution < -0.4 is 16.2 Å². The minimum absolute atomic E-state index is 0.138. The van der Waals surface area contributed by atoms with Crippen LogP contribution in [0.4, 0.5) is 5.69 Å². The van der Waals surface area contributed by atoms with Crippen molar-refractivity contribution in [1.82, 2.24) is 14.9 Å². The quantitative estimate of drug-likeness (QED) is 0.665. The number of para-hydroxylation sites is 1. The number of fused-ring (bicyclic) bond motifs is 1. The summed E-state index contributed by atoms with van der Waals surface area (Å²) in [4.78, 5) is 41.9. The number of aromatic nitrogens is 2. The van der Waals surface area contributed by atoms with Gasteiger partial charge in [-0.05, 0) is 56.0 Å². The second-order valence-electron chi connectivity index (χ2n) is 8.16. The van der Waals surface area contributed by atoms with Gasteiger partial charge < -0.3 is 10.6 Å². The van der Waals surface area contributed by atoms with Crippen molar-refractivity contribution in [3.8, 4) is 0 Å². The summed E-state index contributed by atoms with van der Waals surface area (Å²) in [7, 11) is 0. The van der Waals surface area contributed by atoms with Crippen LogP contribution in [0, 0.1) is 13.8 Å². The summed E-state index contributed by atoms with van der Waals surface area (Å²) in [5, 5.41) is 5.96. The van der Waals surface area contributed by atoms with E-state index < -0.39 is 0 Å². The van der Waals surface area contributed by atoms with E-state index in [1.807, 2.05) is 32.0 Å². The second-order valence-corrected chi connectivity index (χ2v) is 8.16. The molecule has 0 aliphatic heterocycles. The minimum Gasteiger partial charge on any atom is -0.349 e. The molecule has 1 fully saturated rings. The molecule has 0 bridgehead atoms. The average Bonchev–Trinajstić information content (AvgIpc) is 3.25. The van der Waals surface area contributed by atoms with E-state index in [0.29, 0.717) is 16.6 Å². The first kappa shape index (κ1) is 20.8. The number of hydrogen-bond acceptors (Lipinski definition) is 4. The third-order valence-corrected chi connectivity index (χ3v) is 5.85. The van der Waals surface area contributed by atoms with Crippen LogP contribution >= 0.6 is 0 Å². The van der Waals surface area contributed by atoms with Crippen LogP contribution in [-0.4, -0.2) is 27.4 Å². The van der Waals surface area contributed by atoms with Gasteiger partial charge in [0.25, 0.3) is 11.5 Å². The molecule has 1 aliphatic rings. The van der Waals surface area contributed by atoms with Gasteiger partial charge >= 0.3 is 0 Å². The first-order valence-electron chi connectivity index (χ1n) is 10.6. The van der Waals surface area contributed by atoms with Crippen molar-refractivity contribution in [2.45, 2.75) is 52.1 Å². The van der Waals surface area contributed by atoms with E-state index >= 15 is 0 Å². The van der Waals surface area contributed by atoms with Crippen molar-refractivity contribution in [3.63, 3.8) is 0 Å². The number of carbonyl (C=O) groups excluding carboxylic acids is 2.